The summed E-state index contributed by atoms with van der Waals surface area (Å²) in [6.45, 7) is 0. The Balaban J connectivity index is 1.79. The van der Waals surface area contributed by atoms with E-state index in [4.69, 9.17) is 6.42 Å². The van der Waals surface area contributed by atoms with Gasteiger partial charge in [0.1, 0.15) is 0 Å². The summed E-state index contributed by atoms with van der Waals surface area (Å²) in [5, 5.41) is 1.01. The number of hydrogen-bond acceptors (Lipinski definition) is 2. The molecule has 0 unspecified atom stereocenters. The third-order valence-corrected chi connectivity index (χ3v) is 7.02. The van der Waals surface area contributed by atoms with Gasteiger partial charge in [-0.05, 0) is 81.2 Å². The Labute approximate surface area is 212 Å². The van der Waals surface area contributed by atoms with Crippen LogP contribution in [0.2, 0.25) is 0 Å². The van der Waals surface area contributed by atoms with Gasteiger partial charge in [-0.2, -0.15) is 0 Å². The fourth-order valence-electron chi connectivity index (χ4n) is 4.51. The van der Waals surface area contributed by atoms with Crippen molar-refractivity contribution in [2.75, 3.05) is 0 Å². The molecule has 0 fully saturated rings. The molecular weight excluding hydrogens is 533 g/mol. The molecule has 4 nitrogen and oxygen atoms in total. The Hall–Kier alpha value is -3.63. The molecule has 1 atom stereocenters. The molecule has 0 aliphatic carbocycles. The number of rotatable bonds is 4. The molecule has 0 radical (unpaired) electrons. The molecule has 0 bridgehead atoms. The molecule has 166 valence electrons. The molecule has 2 aromatic heterocycles. The Morgan fingerprint density at radius 2 is 1.74 bits per heavy atom. The number of fused-ring (bicyclic) bond motifs is 1. The normalized spacial score (nSPS) is 11.9. The third-order valence-electron chi connectivity index (χ3n) is 6.30. The molecule has 5 rings (SSSR count). The first-order valence-electron chi connectivity index (χ1n) is 10.9. The first-order chi connectivity index (χ1) is 16.5. The summed E-state index contributed by atoms with van der Waals surface area (Å²) in [6, 6.07) is 24.4. The van der Waals surface area contributed by atoms with E-state index in [9.17, 15) is 4.79 Å². The number of terminal acetylenes is 1. The standard InChI is InChI=1S/C29H22IN3O/c1-4-19-6-5-7-21(14-19)24-16-28(34)33(3)26-13-10-22(15-25(24)26)29(27-17-31-18-32(27)2)20-8-11-23(30)12-9-20/h1,5-18,29H,2-3H3/t29-/m0/s1. The summed E-state index contributed by atoms with van der Waals surface area (Å²) in [4.78, 5) is 17.2. The van der Waals surface area contributed by atoms with Gasteiger partial charge in [0, 0.05) is 46.6 Å². The topological polar surface area (TPSA) is 39.8 Å². The molecule has 5 aromatic rings. The summed E-state index contributed by atoms with van der Waals surface area (Å²) in [7, 11) is 3.83. The van der Waals surface area contributed by atoms with Gasteiger partial charge in [-0.3, -0.25) is 4.79 Å². The lowest BCUT2D eigenvalue weighted by atomic mass is 9.87. The summed E-state index contributed by atoms with van der Waals surface area (Å²) in [5.41, 5.74) is 6.83. The van der Waals surface area contributed by atoms with Crippen molar-refractivity contribution in [1.82, 2.24) is 14.1 Å². The van der Waals surface area contributed by atoms with Gasteiger partial charge in [0.25, 0.3) is 5.56 Å². The van der Waals surface area contributed by atoms with E-state index in [0.717, 1.165) is 38.9 Å². The van der Waals surface area contributed by atoms with Gasteiger partial charge < -0.3 is 9.13 Å². The largest absolute Gasteiger partial charge is 0.337 e. The minimum absolute atomic E-state index is 0.00368. The zero-order valence-electron chi connectivity index (χ0n) is 18.9. The van der Waals surface area contributed by atoms with E-state index in [1.165, 1.54) is 9.13 Å². The molecule has 34 heavy (non-hydrogen) atoms. The molecule has 0 aliphatic heterocycles. The van der Waals surface area contributed by atoms with Crippen molar-refractivity contribution < 1.29 is 0 Å². The van der Waals surface area contributed by atoms with Crippen molar-refractivity contribution in [2.45, 2.75) is 5.92 Å². The van der Waals surface area contributed by atoms with Crippen LogP contribution in [0.25, 0.3) is 22.0 Å². The number of imidazole rings is 1. The molecule has 0 saturated heterocycles. The highest BCUT2D eigenvalue weighted by atomic mass is 127. The van der Waals surface area contributed by atoms with E-state index >= 15 is 0 Å². The molecular formula is C29H22IN3O. The van der Waals surface area contributed by atoms with Crippen molar-refractivity contribution >= 4 is 33.5 Å². The second-order valence-corrected chi connectivity index (χ2v) is 9.62. The second kappa shape index (κ2) is 8.96. The van der Waals surface area contributed by atoms with Crippen LogP contribution in [-0.4, -0.2) is 14.1 Å². The van der Waals surface area contributed by atoms with E-state index in [-0.39, 0.29) is 11.5 Å². The number of pyridine rings is 1. The van der Waals surface area contributed by atoms with Crippen LogP contribution in [0.5, 0.6) is 0 Å². The van der Waals surface area contributed by atoms with Crippen molar-refractivity contribution in [2.24, 2.45) is 14.1 Å². The fraction of sp³-hybridized carbons (Fsp3) is 0.103. The smallest absolute Gasteiger partial charge is 0.251 e. The van der Waals surface area contributed by atoms with Crippen LogP contribution < -0.4 is 5.56 Å². The molecule has 0 aliphatic rings. The zero-order chi connectivity index (χ0) is 23.8. The van der Waals surface area contributed by atoms with Crippen molar-refractivity contribution in [3.05, 3.63) is 122 Å². The number of hydrogen-bond donors (Lipinski definition) is 0. The molecule has 0 saturated carbocycles. The van der Waals surface area contributed by atoms with Gasteiger partial charge >= 0.3 is 0 Å². The average molecular weight is 555 g/mol. The number of aryl methyl sites for hydroxylation is 2. The highest BCUT2D eigenvalue weighted by Gasteiger charge is 2.21. The molecule has 5 heteroatoms. The highest BCUT2D eigenvalue weighted by molar-refractivity contribution is 14.1. The number of benzene rings is 3. The highest BCUT2D eigenvalue weighted by Crippen LogP contribution is 2.36. The van der Waals surface area contributed by atoms with Crippen LogP contribution in [0.4, 0.5) is 0 Å². The second-order valence-electron chi connectivity index (χ2n) is 8.37. The van der Waals surface area contributed by atoms with Gasteiger partial charge in [-0.25, -0.2) is 4.98 Å². The SMILES string of the molecule is C#Cc1cccc(-c2cc(=O)n(C)c3ccc([C@H](c4ccc(I)cc4)c4cncn4C)cc23)c1. The van der Waals surface area contributed by atoms with Crippen LogP contribution in [0.1, 0.15) is 28.3 Å². The molecule has 0 spiro atoms. The summed E-state index contributed by atoms with van der Waals surface area (Å²) >= 11 is 2.33. The van der Waals surface area contributed by atoms with Crippen molar-refractivity contribution in [3.63, 3.8) is 0 Å². The van der Waals surface area contributed by atoms with Crippen LogP contribution in [-0.2, 0) is 14.1 Å². The number of halogens is 1. The van der Waals surface area contributed by atoms with Gasteiger partial charge in [0.2, 0.25) is 0 Å². The van der Waals surface area contributed by atoms with Crippen LogP contribution in [0, 0.1) is 15.9 Å². The van der Waals surface area contributed by atoms with E-state index in [0.29, 0.717) is 0 Å². The molecule has 0 N–H and O–H groups in total. The lowest BCUT2D eigenvalue weighted by molar-refractivity contribution is 0.793. The van der Waals surface area contributed by atoms with Gasteiger partial charge in [-0.1, -0.05) is 36.3 Å². The Bertz CT molecular complexity index is 1620. The van der Waals surface area contributed by atoms with Crippen molar-refractivity contribution in [1.29, 1.82) is 0 Å². The van der Waals surface area contributed by atoms with E-state index < -0.39 is 0 Å². The molecule has 2 heterocycles. The average Bonchev–Trinajstić information content (AvgIpc) is 3.28. The number of nitrogens with zero attached hydrogens (tertiary/aromatic N) is 3. The predicted octanol–water partition coefficient (Wildman–Crippen LogP) is 5.71. The minimum Gasteiger partial charge on any atom is -0.337 e. The summed E-state index contributed by atoms with van der Waals surface area (Å²) < 4.78 is 4.94. The quantitative estimate of drug-likeness (QED) is 0.211. The maximum atomic E-state index is 12.8. The lowest BCUT2D eigenvalue weighted by Crippen LogP contribution is -2.16. The Kier molecular flexibility index (Phi) is 5.84. The minimum atomic E-state index is -0.0535. The summed E-state index contributed by atoms with van der Waals surface area (Å²) in [6.07, 6.45) is 9.40. The zero-order valence-corrected chi connectivity index (χ0v) is 21.0. The van der Waals surface area contributed by atoms with E-state index in [1.54, 1.807) is 10.6 Å². The fourth-order valence-corrected chi connectivity index (χ4v) is 4.87. The molecule has 3 aromatic carbocycles. The molecule has 0 amide bonds. The Morgan fingerprint density at radius 1 is 0.971 bits per heavy atom. The maximum absolute atomic E-state index is 12.8. The van der Waals surface area contributed by atoms with E-state index in [1.807, 2.05) is 57.0 Å². The predicted molar refractivity (Wildman–Crippen MR) is 146 cm³/mol. The third kappa shape index (κ3) is 3.95. The first kappa shape index (κ1) is 22.2. The van der Waals surface area contributed by atoms with Gasteiger partial charge in [0.15, 0.2) is 0 Å². The van der Waals surface area contributed by atoms with Crippen LogP contribution in [0.3, 0.4) is 0 Å². The monoisotopic (exact) mass is 555 g/mol. The number of aromatic nitrogens is 3. The lowest BCUT2D eigenvalue weighted by Gasteiger charge is -2.21. The van der Waals surface area contributed by atoms with Gasteiger partial charge in [0.05, 0.1) is 17.8 Å². The van der Waals surface area contributed by atoms with E-state index in [2.05, 4.69) is 74.5 Å². The Morgan fingerprint density at radius 3 is 2.44 bits per heavy atom. The van der Waals surface area contributed by atoms with Crippen LogP contribution in [0.15, 0.2) is 90.1 Å². The van der Waals surface area contributed by atoms with Crippen LogP contribution >= 0.6 is 22.6 Å². The first-order valence-corrected chi connectivity index (χ1v) is 12.0. The van der Waals surface area contributed by atoms with Crippen molar-refractivity contribution in [3.8, 4) is 23.5 Å². The summed E-state index contributed by atoms with van der Waals surface area (Å²) in [5.74, 6) is 2.69. The maximum Gasteiger partial charge on any atom is 0.251 e. The van der Waals surface area contributed by atoms with Gasteiger partial charge in [-0.15, -0.1) is 6.42 Å².